The highest BCUT2D eigenvalue weighted by Gasteiger charge is 2.10. The number of piperidine rings is 1. The van der Waals surface area contributed by atoms with Gasteiger partial charge in [0, 0.05) is 38.1 Å². The van der Waals surface area contributed by atoms with Crippen molar-refractivity contribution >= 4 is 5.69 Å². The largest absolute Gasteiger partial charge is 0.372 e. The Labute approximate surface area is 127 Å². The average molecular weight is 281 g/mol. The average Bonchev–Trinajstić information content (AvgIpc) is 2.57. The molecule has 0 saturated carbocycles. The van der Waals surface area contributed by atoms with Gasteiger partial charge in [0.25, 0.3) is 0 Å². The Bertz CT molecular complexity index is 530. The second kappa shape index (κ2) is 7.23. The van der Waals surface area contributed by atoms with Crippen molar-refractivity contribution < 1.29 is 0 Å². The molecule has 0 amide bonds. The van der Waals surface area contributed by atoms with Crippen LogP contribution in [0.5, 0.6) is 0 Å². The molecule has 1 aliphatic heterocycles. The van der Waals surface area contributed by atoms with E-state index in [1.165, 1.54) is 43.6 Å². The van der Waals surface area contributed by atoms with Gasteiger partial charge < -0.3 is 10.2 Å². The monoisotopic (exact) mass is 281 g/mol. The van der Waals surface area contributed by atoms with Crippen LogP contribution >= 0.6 is 0 Å². The van der Waals surface area contributed by atoms with Gasteiger partial charge in [0.2, 0.25) is 0 Å². The highest BCUT2D eigenvalue weighted by molar-refractivity contribution is 5.47. The van der Waals surface area contributed by atoms with Crippen LogP contribution in [0.2, 0.25) is 0 Å². The zero-order valence-electron chi connectivity index (χ0n) is 12.5. The minimum atomic E-state index is 0.814. The van der Waals surface area contributed by atoms with Crippen molar-refractivity contribution in [3.8, 4) is 0 Å². The quantitative estimate of drug-likeness (QED) is 0.911. The number of anilines is 1. The maximum Gasteiger partial charge on any atom is 0.0541 e. The van der Waals surface area contributed by atoms with Gasteiger partial charge in [-0.15, -0.1) is 0 Å². The van der Waals surface area contributed by atoms with Crippen LogP contribution in [0.15, 0.2) is 48.7 Å². The first-order valence-corrected chi connectivity index (χ1v) is 7.86. The summed E-state index contributed by atoms with van der Waals surface area (Å²) in [6.45, 7) is 4.11. The molecule has 0 atom stereocenters. The zero-order valence-corrected chi connectivity index (χ0v) is 12.5. The Balaban J connectivity index is 1.50. The smallest absolute Gasteiger partial charge is 0.0541 e. The van der Waals surface area contributed by atoms with Gasteiger partial charge in [-0.1, -0.05) is 18.2 Å². The summed E-state index contributed by atoms with van der Waals surface area (Å²) in [7, 11) is 0. The number of aromatic nitrogens is 1. The number of nitrogens with one attached hydrogen (secondary N) is 1. The van der Waals surface area contributed by atoms with Crippen molar-refractivity contribution in [3.05, 3.63) is 59.9 Å². The number of rotatable bonds is 5. The summed E-state index contributed by atoms with van der Waals surface area (Å²) < 4.78 is 0. The second-order valence-corrected chi connectivity index (χ2v) is 5.64. The Morgan fingerprint density at radius 2 is 1.71 bits per heavy atom. The molecule has 1 aromatic heterocycles. The Hall–Kier alpha value is -1.87. The summed E-state index contributed by atoms with van der Waals surface area (Å²) in [6, 6.07) is 15.0. The number of pyridine rings is 1. The third-order valence-electron chi connectivity index (χ3n) is 4.02. The van der Waals surface area contributed by atoms with E-state index < -0.39 is 0 Å². The Morgan fingerprint density at radius 1 is 0.905 bits per heavy atom. The minimum Gasteiger partial charge on any atom is -0.372 e. The summed E-state index contributed by atoms with van der Waals surface area (Å²) in [6.07, 6.45) is 5.87. The van der Waals surface area contributed by atoms with Crippen LogP contribution in [-0.4, -0.2) is 18.1 Å². The van der Waals surface area contributed by atoms with Crippen molar-refractivity contribution in [2.45, 2.75) is 32.4 Å². The van der Waals surface area contributed by atoms with E-state index in [1.807, 2.05) is 24.4 Å². The SMILES string of the molecule is c1ccc(CNCc2ccc(N3CCCCC3)cc2)nc1. The summed E-state index contributed by atoms with van der Waals surface area (Å²) in [5, 5.41) is 3.44. The van der Waals surface area contributed by atoms with E-state index in [0.29, 0.717) is 0 Å². The summed E-state index contributed by atoms with van der Waals surface area (Å²) in [5.74, 6) is 0. The van der Waals surface area contributed by atoms with Crippen molar-refractivity contribution in [1.82, 2.24) is 10.3 Å². The molecule has 1 N–H and O–H groups in total. The molecular formula is C18H23N3. The first kappa shape index (κ1) is 14.1. The fourth-order valence-corrected chi connectivity index (χ4v) is 2.81. The van der Waals surface area contributed by atoms with Crippen LogP contribution in [0.4, 0.5) is 5.69 Å². The maximum absolute atomic E-state index is 4.32. The lowest BCUT2D eigenvalue weighted by molar-refractivity contribution is 0.578. The van der Waals surface area contributed by atoms with Crippen LogP contribution in [-0.2, 0) is 13.1 Å². The van der Waals surface area contributed by atoms with Gasteiger partial charge in [-0.05, 0) is 49.1 Å². The van der Waals surface area contributed by atoms with Crippen molar-refractivity contribution in [2.24, 2.45) is 0 Å². The number of hydrogen-bond acceptors (Lipinski definition) is 3. The lowest BCUT2D eigenvalue weighted by atomic mass is 10.1. The molecule has 0 radical (unpaired) electrons. The lowest BCUT2D eigenvalue weighted by Gasteiger charge is -2.28. The second-order valence-electron chi connectivity index (χ2n) is 5.64. The van der Waals surface area contributed by atoms with E-state index in [0.717, 1.165) is 18.8 Å². The molecule has 0 aliphatic carbocycles. The van der Waals surface area contributed by atoms with Gasteiger partial charge in [0.05, 0.1) is 5.69 Å². The highest BCUT2D eigenvalue weighted by Crippen LogP contribution is 2.20. The molecule has 0 bridgehead atoms. The van der Waals surface area contributed by atoms with Gasteiger partial charge in [-0.25, -0.2) is 0 Å². The first-order valence-electron chi connectivity index (χ1n) is 7.86. The number of nitrogens with zero attached hydrogens (tertiary/aromatic N) is 2. The zero-order chi connectivity index (χ0) is 14.3. The van der Waals surface area contributed by atoms with Crippen LogP contribution in [0.25, 0.3) is 0 Å². The molecule has 1 fully saturated rings. The molecule has 3 heteroatoms. The molecule has 3 nitrogen and oxygen atoms in total. The van der Waals surface area contributed by atoms with E-state index in [2.05, 4.69) is 39.5 Å². The van der Waals surface area contributed by atoms with Gasteiger partial charge in [0.15, 0.2) is 0 Å². The van der Waals surface area contributed by atoms with Crippen LogP contribution < -0.4 is 10.2 Å². The van der Waals surface area contributed by atoms with E-state index in [9.17, 15) is 0 Å². The molecule has 21 heavy (non-hydrogen) atoms. The van der Waals surface area contributed by atoms with Crippen LogP contribution in [0.1, 0.15) is 30.5 Å². The predicted molar refractivity (Wildman–Crippen MR) is 87.3 cm³/mol. The fourth-order valence-electron chi connectivity index (χ4n) is 2.81. The van der Waals surface area contributed by atoms with E-state index >= 15 is 0 Å². The third-order valence-corrected chi connectivity index (χ3v) is 4.02. The molecule has 1 aromatic carbocycles. The standard InChI is InChI=1S/C18H23N3/c1-4-12-21(13-5-1)18-9-7-16(8-10-18)14-19-15-17-6-2-3-11-20-17/h2-3,6-11,19H,1,4-5,12-15H2. The maximum atomic E-state index is 4.32. The first-order chi connectivity index (χ1) is 10.4. The fraction of sp³-hybridized carbons (Fsp3) is 0.389. The van der Waals surface area contributed by atoms with Gasteiger partial charge in [-0.3, -0.25) is 4.98 Å². The van der Waals surface area contributed by atoms with Gasteiger partial charge in [0.1, 0.15) is 0 Å². The van der Waals surface area contributed by atoms with Gasteiger partial charge >= 0.3 is 0 Å². The number of hydrogen-bond donors (Lipinski definition) is 1. The van der Waals surface area contributed by atoms with E-state index in [-0.39, 0.29) is 0 Å². The van der Waals surface area contributed by atoms with Crippen molar-refractivity contribution in [3.63, 3.8) is 0 Å². The molecule has 0 unspecified atom stereocenters. The van der Waals surface area contributed by atoms with Crippen LogP contribution in [0, 0.1) is 0 Å². The molecular weight excluding hydrogens is 258 g/mol. The lowest BCUT2D eigenvalue weighted by Crippen LogP contribution is -2.29. The molecule has 110 valence electrons. The van der Waals surface area contributed by atoms with Crippen molar-refractivity contribution in [1.29, 1.82) is 0 Å². The predicted octanol–water partition coefficient (Wildman–Crippen LogP) is 3.36. The molecule has 1 saturated heterocycles. The Morgan fingerprint density at radius 3 is 2.43 bits per heavy atom. The van der Waals surface area contributed by atoms with Crippen molar-refractivity contribution in [2.75, 3.05) is 18.0 Å². The molecule has 1 aliphatic rings. The molecule has 2 heterocycles. The van der Waals surface area contributed by atoms with E-state index in [1.54, 1.807) is 0 Å². The topological polar surface area (TPSA) is 28.2 Å². The number of benzene rings is 1. The van der Waals surface area contributed by atoms with Crippen LogP contribution in [0.3, 0.4) is 0 Å². The summed E-state index contributed by atoms with van der Waals surface area (Å²) in [5.41, 5.74) is 3.78. The summed E-state index contributed by atoms with van der Waals surface area (Å²) in [4.78, 5) is 6.81. The Kier molecular flexibility index (Phi) is 4.85. The molecule has 0 spiro atoms. The van der Waals surface area contributed by atoms with Gasteiger partial charge in [-0.2, -0.15) is 0 Å². The summed E-state index contributed by atoms with van der Waals surface area (Å²) >= 11 is 0. The third kappa shape index (κ3) is 4.05. The molecule has 2 aromatic rings. The highest BCUT2D eigenvalue weighted by atomic mass is 15.1. The van der Waals surface area contributed by atoms with E-state index in [4.69, 9.17) is 0 Å². The normalized spacial score (nSPS) is 15.1. The minimum absolute atomic E-state index is 0.814. The molecule has 3 rings (SSSR count).